The largest absolute Gasteiger partial charge is 0.668 e. The minimum absolute atomic E-state index is 0.0482. The maximum Gasteiger partial charge on any atom is 0.200 e. The average Bonchev–Trinajstić information content (AvgIpc) is 3.97. The Labute approximate surface area is 375 Å². The number of pyridine rings is 1. The molecule has 6 aromatic rings. The molecule has 11 heteroatoms. The molecule has 11 nitrogen and oxygen atoms in total. The quantitative estimate of drug-likeness (QED) is 0.0338. The first-order chi connectivity index (χ1) is 31.0. The molecule has 64 heavy (non-hydrogen) atoms. The molecule has 0 spiro atoms. The molecule has 0 bridgehead atoms. The van der Waals surface area contributed by atoms with Crippen LogP contribution in [0.2, 0.25) is 0 Å². The Morgan fingerprint density at radius 3 is 2.61 bits per heavy atom. The Bertz CT molecular complexity index is 2560. The number of ketones is 1. The summed E-state index contributed by atoms with van der Waals surface area (Å²) in [6.07, 6.45) is 9.92. The zero-order valence-corrected chi connectivity index (χ0v) is 36.8. The number of benzene rings is 4. The van der Waals surface area contributed by atoms with Crippen LogP contribution in [0.15, 0.2) is 97.3 Å². The molecule has 2 aromatic heterocycles. The van der Waals surface area contributed by atoms with E-state index < -0.39 is 17.4 Å². The molecular weight excluding hydrogens is 807 g/mol. The molecule has 0 radical (unpaired) electrons. The lowest BCUT2D eigenvalue weighted by molar-refractivity contribution is -0.131. The van der Waals surface area contributed by atoms with Crippen LogP contribution in [0.3, 0.4) is 0 Å². The summed E-state index contributed by atoms with van der Waals surface area (Å²) in [5.74, 6) is 0.487. The first-order valence-electron chi connectivity index (χ1n) is 22.9. The number of hydrogen-bond donors (Lipinski definition) is 6. The van der Waals surface area contributed by atoms with E-state index in [1.54, 1.807) is 36.7 Å². The van der Waals surface area contributed by atoms with Crippen LogP contribution in [0.4, 0.5) is 11.5 Å². The molecule has 1 aliphatic heterocycles. The summed E-state index contributed by atoms with van der Waals surface area (Å²) in [4.78, 5) is 24.8. The number of rotatable bonds is 19. The highest BCUT2D eigenvalue weighted by molar-refractivity contribution is 5.87. The van der Waals surface area contributed by atoms with Crippen molar-refractivity contribution < 1.29 is 39.8 Å². The van der Waals surface area contributed by atoms with Crippen molar-refractivity contribution in [1.82, 2.24) is 9.97 Å². The van der Waals surface area contributed by atoms with Crippen LogP contribution in [0.5, 0.6) is 34.5 Å². The van der Waals surface area contributed by atoms with Gasteiger partial charge >= 0.3 is 0 Å². The molecule has 1 aliphatic carbocycles. The molecular formula is C53H60N3O8-. The van der Waals surface area contributed by atoms with E-state index in [1.165, 1.54) is 6.07 Å². The highest BCUT2D eigenvalue weighted by atomic mass is 16.5. The van der Waals surface area contributed by atoms with Crippen molar-refractivity contribution in [3.05, 3.63) is 125 Å². The van der Waals surface area contributed by atoms with Gasteiger partial charge in [0.1, 0.15) is 17.4 Å². The minimum Gasteiger partial charge on any atom is -0.668 e. The van der Waals surface area contributed by atoms with Crippen LogP contribution in [-0.2, 0) is 35.9 Å². The lowest BCUT2D eigenvalue weighted by atomic mass is 9.59. The molecule has 0 amide bonds. The predicted molar refractivity (Wildman–Crippen MR) is 248 cm³/mol. The smallest absolute Gasteiger partial charge is 0.200 e. The van der Waals surface area contributed by atoms with E-state index in [4.69, 9.17) is 14.5 Å². The number of carbonyl (C=O) groups excluding carboxylic acids is 1. The second-order valence-corrected chi connectivity index (χ2v) is 18.2. The predicted octanol–water partition coefficient (Wildman–Crippen LogP) is 9.99. The number of aromatic hydroxyl groups is 4. The number of carbonyl (C=O) groups is 1. The molecule has 4 unspecified atom stereocenters. The summed E-state index contributed by atoms with van der Waals surface area (Å²) in [7, 11) is 0. The van der Waals surface area contributed by atoms with Crippen molar-refractivity contribution >= 4 is 28.1 Å². The summed E-state index contributed by atoms with van der Waals surface area (Å²) in [5.41, 5.74) is 4.43. The van der Waals surface area contributed by atoms with E-state index in [1.807, 2.05) is 54.6 Å². The van der Waals surface area contributed by atoms with Gasteiger partial charge in [-0.2, -0.15) is 11.9 Å². The summed E-state index contributed by atoms with van der Waals surface area (Å²) < 4.78 is 11.8. The van der Waals surface area contributed by atoms with Crippen molar-refractivity contribution in [3.8, 4) is 34.5 Å². The lowest BCUT2D eigenvalue weighted by Crippen LogP contribution is -2.49. The van der Waals surface area contributed by atoms with E-state index in [-0.39, 0.29) is 53.3 Å². The monoisotopic (exact) mass is 866 g/mol. The summed E-state index contributed by atoms with van der Waals surface area (Å²) in [5, 5.41) is 60.3. The minimum atomic E-state index is -1.05. The van der Waals surface area contributed by atoms with Crippen molar-refractivity contribution in [2.24, 2.45) is 17.8 Å². The number of nitrogens with zero attached hydrogens (tertiary/aromatic N) is 2. The third-order valence-electron chi connectivity index (χ3n) is 13.4. The van der Waals surface area contributed by atoms with Gasteiger partial charge in [-0.3, -0.25) is 4.79 Å². The normalized spacial score (nSPS) is 18.1. The second-order valence-electron chi connectivity index (χ2n) is 18.2. The van der Waals surface area contributed by atoms with Crippen molar-refractivity contribution in [2.45, 2.75) is 102 Å². The molecule has 4 aromatic carbocycles. The van der Waals surface area contributed by atoms with Gasteiger partial charge in [0.25, 0.3) is 0 Å². The number of Topliss-reactive ketones (excluding diaryl/α,β-unsaturated/α-hetero) is 1. The number of phenolic OH excluding ortho intramolecular Hbond substituents is 4. The van der Waals surface area contributed by atoms with Crippen LogP contribution in [0.25, 0.3) is 10.8 Å². The van der Waals surface area contributed by atoms with Crippen LogP contribution in [0.1, 0.15) is 93.2 Å². The van der Waals surface area contributed by atoms with Gasteiger partial charge < -0.3 is 45.3 Å². The number of fused-ring (bicyclic) bond motifs is 2. The summed E-state index contributed by atoms with van der Waals surface area (Å²) in [6.45, 7) is 5.20. The van der Waals surface area contributed by atoms with Crippen LogP contribution in [0, 0.1) is 17.8 Å². The van der Waals surface area contributed by atoms with Crippen LogP contribution >= 0.6 is 0 Å². The Hall–Kier alpha value is -6.20. The first-order valence-corrected chi connectivity index (χ1v) is 22.9. The molecule has 6 N–H and O–H groups in total. The van der Waals surface area contributed by atoms with Crippen LogP contribution < -0.4 is 19.8 Å². The molecule has 2 aliphatic rings. The van der Waals surface area contributed by atoms with E-state index in [0.29, 0.717) is 61.9 Å². The number of aryl methyl sites for hydroxylation is 2. The average molecular weight is 867 g/mol. The summed E-state index contributed by atoms with van der Waals surface area (Å²) >= 11 is 0. The molecule has 336 valence electrons. The Morgan fingerprint density at radius 2 is 1.78 bits per heavy atom. The standard InChI is InChI=1S/C53H60N3O8/c1-33(2)7-5-25-63-48-28-34(27-47(61)51(48)62)11-18-44(58)50(45(59)19-14-35-15-20-46(60)52-43(35)10-6-26-64-52)53(22-3-8-38(53)31-40-9-4-23-54-40)39-21-24-55-49(32-39)56-41-16-12-37-30-42(57)17-13-36(37)29-41/h4,9,12-13,15-17,20-21,23-24,27-30,32-33,38,45,50,57,59-62H,3,5-8,10-11,14,18-19,22,25-26,31H2,1-2H3,(H,55,56)/q-1. The van der Waals surface area contributed by atoms with Gasteiger partial charge in [0.15, 0.2) is 23.0 Å². The SMILES string of the molecule is CC(C)CCCOc1cc(CCC(=O)C(C(O)CCc2ccc(O)c3c2CCCO3)C2(c3ccnc(Nc4ccc5cc(O)ccc5c4)c3)CCCC2Cc2ccc[n-]2)cc(O)c1O. The van der Waals surface area contributed by atoms with Crippen LogP contribution in [-0.4, -0.2) is 55.6 Å². The number of ether oxygens (including phenoxy) is 2. The highest BCUT2D eigenvalue weighted by Crippen LogP contribution is 2.54. The molecule has 4 atom stereocenters. The Kier molecular flexibility index (Phi) is 13.7. The number of phenols is 4. The third-order valence-corrected chi connectivity index (χ3v) is 13.4. The van der Waals surface area contributed by atoms with Gasteiger partial charge in [0.05, 0.1) is 25.2 Å². The molecule has 1 saturated carbocycles. The number of hydrogen-bond acceptors (Lipinski definition) is 10. The fourth-order valence-corrected chi connectivity index (χ4v) is 10.4. The number of aliphatic hydroxyl groups excluding tert-OH is 1. The number of anilines is 2. The van der Waals surface area contributed by atoms with Gasteiger partial charge in [-0.1, -0.05) is 50.6 Å². The van der Waals surface area contributed by atoms with Gasteiger partial charge in [0.2, 0.25) is 5.75 Å². The van der Waals surface area contributed by atoms with Crippen molar-refractivity contribution in [3.63, 3.8) is 0 Å². The fourth-order valence-electron chi connectivity index (χ4n) is 10.4. The third kappa shape index (κ3) is 9.79. The van der Waals surface area contributed by atoms with Crippen molar-refractivity contribution in [1.29, 1.82) is 0 Å². The maximum atomic E-state index is 15.4. The van der Waals surface area contributed by atoms with E-state index >= 15 is 4.79 Å². The molecule has 1 fully saturated rings. The zero-order valence-electron chi connectivity index (χ0n) is 36.8. The van der Waals surface area contributed by atoms with E-state index in [2.05, 4.69) is 24.1 Å². The Morgan fingerprint density at radius 1 is 0.938 bits per heavy atom. The summed E-state index contributed by atoms with van der Waals surface area (Å²) in [6, 6.07) is 25.9. The number of aromatic nitrogens is 2. The number of nitrogens with one attached hydrogen (secondary N) is 1. The van der Waals surface area contributed by atoms with Gasteiger partial charge in [0, 0.05) is 29.3 Å². The number of aliphatic hydroxyl groups is 1. The molecule has 3 heterocycles. The van der Waals surface area contributed by atoms with E-state index in [0.717, 1.165) is 77.4 Å². The molecule has 8 rings (SSSR count). The topological polar surface area (TPSA) is 176 Å². The first kappa shape index (κ1) is 44.4. The van der Waals surface area contributed by atoms with E-state index in [9.17, 15) is 25.5 Å². The Balaban J connectivity index is 1.16. The van der Waals surface area contributed by atoms with Crippen molar-refractivity contribution in [2.75, 3.05) is 18.5 Å². The zero-order chi connectivity index (χ0) is 44.8. The fraction of sp³-hybridized carbons (Fsp3) is 0.396. The highest BCUT2D eigenvalue weighted by Gasteiger charge is 2.54. The molecule has 0 saturated heterocycles. The van der Waals surface area contributed by atoms with Gasteiger partial charge in [-0.15, -0.1) is 0 Å². The lowest BCUT2D eigenvalue weighted by Gasteiger charge is -2.45. The van der Waals surface area contributed by atoms with Gasteiger partial charge in [-0.05, 0) is 158 Å². The maximum absolute atomic E-state index is 15.4. The second kappa shape index (κ2) is 19.7. The van der Waals surface area contributed by atoms with Gasteiger partial charge in [-0.25, -0.2) is 4.98 Å².